The van der Waals surface area contributed by atoms with E-state index in [4.69, 9.17) is 14.2 Å². The van der Waals surface area contributed by atoms with E-state index in [1.54, 1.807) is 54.6 Å². The smallest absolute Gasteiger partial charge is 0.263 e. The standard InChI is InChI=1S/C34H35N7O6S/c1-34(2,3)23-15-17-25(18-16-23)48(43,44)41-30-29(47-27-14-9-8-13-26(27)45-4)33(38-32(37-30)31-35-20-10-21-36-31)46-22-19-28(42)40-39-24-11-6-5-7-12-24/h5-18,20-21,39H,19,22H2,1-4H3,(H,40,42)(H,37,38,41). The molecule has 14 heteroatoms. The Morgan fingerprint density at radius 3 is 2.15 bits per heavy atom. The zero-order valence-electron chi connectivity index (χ0n) is 26.8. The Morgan fingerprint density at radius 2 is 1.48 bits per heavy atom. The minimum absolute atomic E-state index is 0.0000736. The number of ether oxygens (including phenoxy) is 3. The van der Waals surface area contributed by atoms with Crippen LogP contribution in [0.5, 0.6) is 23.1 Å². The van der Waals surface area contributed by atoms with Crippen LogP contribution in [0.4, 0.5) is 11.5 Å². The first-order valence-corrected chi connectivity index (χ1v) is 16.4. The molecule has 0 aliphatic rings. The fraction of sp³-hybridized carbons (Fsp3) is 0.206. The average Bonchev–Trinajstić information content (AvgIpc) is 3.09. The number of methoxy groups -OCH3 is 1. The number of anilines is 2. The van der Waals surface area contributed by atoms with Crippen molar-refractivity contribution in [2.45, 2.75) is 37.5 Å². The van der Waals surface area contributed by atoms with Gasteiger partial charge in [0, 0.05) is 12.4 Å². The number of rotatable bonds is 13. The predicted octanol–water partition coefficient (Wildman–Crippen LogP) is 5.75. The summed E-state index contributed by atoms with van der Waals surface area (Å²) in [7, 11) is -2.74. The molecule has 0 saturated carbocycles. The lowest BCUT2D eigenvalue weighted by molar-refractivity contribution is -0.121. The number of hydrogen-bond acceptors (Lipinski definition) is 11. The van der Waals surface area contributed by atoms with Crippen molar-refractivity contribution in [3.8, 4) is 34.8 Å². The molecular weight excluding hydrogens is 634 g/mol. The average molecular weight is 670 g/mol. The van der Waals surface area contributed by atoms with Gasteiger partial charge in [-0.2, -0.15) is 4.98 Å². The molecule has 0 aliphatic heterocycles. The minimum Gasteiger partial charge on any atom is -0.493 e. The molecule has 248 valence electrons. The third-order valence-electron chi connectivity index (χ3n) is 6.83. The van der Waals surface area contributed by atoms with Crippen molar-refractivity contribution in [1.82, 2.24) is 25.4 Å². The van der Waals surface area contributed by atoms with Crippen LogP contribution in [0.15, 0.2) is 102 Å². The molecule has 3 N–H and O–H groups in total. The van der Waals surface area contributed by atoms with Gasteiger partial charge in [0.25, 0.3) is 15.9 Å². The maximum absolute atomic E-state index is 13.8. The second-order valence-corrected chi connectivity index (χ2v) is 13.1. The Kier molecular flexibility index (Phi) is 10.3. The van der Waals surface area contributed by atoms with Gasteiger partial charge < -0.3 is 14.2 Å². The first kappa shape index (κ1) is 33.6. The second kappa shape index (κ2) is 14.8. The summed E-state index contributed by atoms with van der Waals surface area (Å²) < 4.78 is 47.7. The number of nitrogens with zero attached hydrogens (tertiary/aromatic N) is 4. The number of hydrazine groups is 1. The molecule has 2 heterocycles. The highest BCUT2D eigenvalue weighted by Crippen LogP contribution is 2.41. The number of sulfonamides is 1. The summed E-state index contributed by atoms with van der Waals surface area (Å²) in [6.45, 7) is 5.96. The summed E-state index contributed by atoms with van der Waals surface area (Å²) in [5.74, 6) is -0.302. The van der Waals surface area contributed by atoms with Gasteiger partial charge in [0.2, 0.25) is 17.5 Å². The van der Waals surface area contributed by atoms with E-state index in [-0.39, 0.29) is 64.1 Å². The highest BCUT2D eigenvalue weighted by atomic mass is 32.2. The number of carbonyl (C=O) groups is 1. The second-order valence-electron chi connectivity index (χ2n) is 11.4. The van der Waals surface area contributed by atoms with Crippen LogP contribution >= 0.6 is 0 Å². The topological polar surface area (TPSA) is 167 Å². The molecule has 0 spiro atoms. The molecule has 5 aromatic rings. The van der Waals surface area contributed by atoms with E-state index in [1.807, 2.05) is 39.0 Å². The van der Waals surface area contributed by atoms with E-state index in [2.05, 4.69) is 35.5 Å². The number of amides is 1. The van der Waals surface area contributed by atoms with Crippen LogP contribution in [0.25, 0.3) is 11.6 Å². The molecule has 3 aromatic carbocycles. The number of carbonyl (C=O) groups excluding carboxylic acids is 1. The van der Waals surface area contributed by atoms with Crippen LogP contribution < -0.4 is 29.8 Å². The van der Waals surface area contributed by atoms with Crippen LogP contribution in [0.3, 0.4) is 0 Å². The monoisotopic (exact) mass is 669 g/mol. The van der Waals surface area contributed by atoms with Crippen LogP contribution in [-0.2, 0) is 20.2 Å². The summed E-state index contributed by atoms with van der Waals surface area (Å²) in [5, 5.41) is 0. The molecular formula is C34H35N7O6S. The first-order valence-electron chi connectivity index (χ1n) is 14.9. The van der Waals surface area contributed by atoms with Gasteiger partial charge in [0.15, 0.2) is 23.1 Å². The highest BCUT2D eigenvalue weighted by molar-refractivity contribution is 7.92. The molecule has 0 fully saturated rings. The van der Waals surface area contributed by atoms with E-state index < -0.39 is 10.0 Å². The van der Waals surface area contributed by atoms with E-state index >= 15 is 0 Å². The van der Waals surface area contributed by atoms with Crippen molar-refractivity contribution in [3.63, 3.8) is 0 Å². The lowest BCUT2D eigenvalue weighted by Gasteiger charge is -2.20. The van der Waals surface area contributed by atoms with Gasteiger partial charge in [0.1, 0.15) is 0 Å². The molecule has 0 aliphatic carbocycles. The molecule has 2 aromatic heterocycles. The van der Waals surface area contributed by atoms with Crippen molar-refractivity contribution >= 4 is 27.4 Å². The molecule has 13 nitrogen and oxygen atoms in total. The number of hydrogen-bond donors (Lipinski definition) is 3. The summed E-state index contributed by atoms with van der Waals surface area (Å²) in [6, 6.07) is 24.1. The largest absolute Gasteiger partial charge is 0.493 e. The fourth-order valence-corrected chi connectivity index (χ4v) is 5.31. The number of nitrogens with one attached hydrogen (secondary N) is 3. The van der Waals surface area contributed by atoms with Gasteiger partial charge in [-0.3, -0.25) is 20.4 Å². The van der Waals surface area contributed by atoms with Crippen molar-refractivity contribution in [3.05, 3.63) is 103 Å². The number of aromatic nitrogens is 4. The summed E-state index contributed by atoms with van der Waals surface area (Å²) in [4.78, 5) is 30.0. The van der Waals surface area contributed by atoms with Crippen LogP contribution in [0, 0.1) is 0 Å². The third-order valence-corrected chi connectivity index (χ3v) is 8.19. The maximum atomic E-state index is 13.8. The normalized spacial score (nSPS) is 11.3. The van der Waals surface area contributed by atoms with Gasteiger partial charge in [-0.15, -0.1) is 0 Å². The van der Waals surface area contributed by atoms with Crippen LogP contribution in [-0.4, -0.2) is 48.0 Å². The van der Waals surface area contributed by atoms with Crippen LogP contribution in [0.1, 0.15) is 32.8 Å². The van der Waals surface area contributed by atoms with E-state index in [0.717, 1.165) is 5.56 Å². The van der Waals surface area contributed by atoms with Crippen LogP contribution in [0.2, 0.25) is 0 Å². The summed E-state index contributed by atoms with van der Waals surface area (Å²) in [5.41, 5.74) is 6.92. The molecule has 0 atom stereocenters. The molecule has 0 saturated heterocycles. The van der Waals surface area contributed by atoms with Crippen molar-refractivity contribution < 1.29 is 27.4 Å². The Hall–Kier alpha value is -5.76. The molecule has 48 heavy (non-hydrogen) atoms. The van der Waals surface area contributed by atoms with Gasteiger partial charge in [-0.25, -0.2) is 23.4 Å². The zero-order valence-corrected chi connectivity index (χ0v) is 27.6. The Labute approximate surface area is 278 Å². The zero-order chi connectivity index (χ0) is 34.1. The van der Waals surface area contributed by atoms with E-state index in [0.29, 0.717) is 11.4 Å². The van der Waals surface area contributed by atoms with Gasteiger partial charge >= 0.3 is 0 Å². The fourth-order valence-electron chi connectivity index (χ4n) is 4.30. The first-order chi connectivity index (χ1) is 23.0. The summed E-state index contributed by atoms with van der Waals surface area (Å²) in [6.07, 6.45) is 2.91. The quantitative estimate of drug-likeness (QED) is 0.131. The molecule has 0 unspecified atom stereocenters. The molecule has 0 bridgehead atoms. The SMILES string of the molecule is COc1ccccc1Oc1c(NS(=O)(=O)c2ccc(C(C)(C)C)cc2)nc(-c2ncccn2)nc1OCCC(=O)NNc1ccccc1. The lowest BCUT2D eigenvalue weighted by Crippen LogP contribution is -2.30. The molecule has 5 rings (SSSR count). The Bertz CT molecular complexity index is 1950. The molecule has 1 amide bonds. The third kappa shape index (κ3) is 8.53. The lowest BCUT2D eigenvalue weighted by atomic mass is 9.87. The van der Waals surface area contributed by atoms with Crippen molar-refractivity contribution in [2.75, 3.05) is 23.9 Å². The number of para-hydroxylation sites is 3. The maximum Gasteiger partial charge on any atom is 0.263 e. The van der Waals surface area contributed by atoms with Crippen molar-refractivity contribution in [2.24, 2.45) is 0 Å². The van der Waals surface area contributed by atoms with E-state index in [1.165, 1.54) is 31.6 Å². The predicted molar refractivity (Wildman–Crippen MR) is 180 cm³/mol. The highest BCUT2D eigenvalue weighted by Gasteiger charge is 2.26. The number of benzene rings is 3. The van der Waals surface area contributed by atoms with Crippen molar-refractivity contribution in [1.29, 1.82) is 0 Å². The Balaban J connectivity index is 1.51. The Morgan fingerprint density at radius 1 is 0.812 bits per heavy atom. The van der Waals surface area contributed by atoms with E-state index in [9.17, 15) is 13.2 Å². The summed E-state index contributed by atoms with van der Waals surface area (Å²) >= 11 is 0. The molecule has 0 radical (unpaired) electrons. The van der Waals surface area contributed by atoms with Gasteiger partial charge in [0.05, 0.1) is 30.7 Å². The minimum atomic E-state index is -4.21. The van der Waals surface area contributed by atoms with Gasteiger partial charge in [-0.1, -0.05) is 63.2 Å². The van der Waals surface area contributed by atoms with Gasteiger partial charge in [-0.05, 0) is 53.4 Å².